The molecule has 0 aromatic heterocycles. The van der Waals surface area contributed by atoms with Crippen molar-refractivity contribution < 1.29 is 4.79 Å². The molecule has 122 valence electrons. The molecule has 0 bridgehead atoms. The number of halogens is 1. The first-order chi connectivity index (χ1) is 10.5. The average molecular weight is 323 g/mol. The van der Waals surface area contributed by atoms with Gasteiger partial charge in [0.15, 0.2) is 0 Å². The molecule has 0 aliphatic carbocycles. The first kappa shape index (κ1) is 17.3. The van der Waals surface area contributed by atoms with Crippen LogP contribution in [0.25, 0.3) is 0 Å². The van der Waals surface area contributed by atoms with E-state index in [1.165, 1.54) is 5.56 Å². The van der Waals surface area contributed by atoms with Gasteiger partial charge in [-0.1, -0.05) is 44.5 Å². The van der Waals surface area contributed by atoms with E-state index in [0.717, 1.165) is 31.0 Å². The summed E-state index contributed by atoms with van der Waals surface area (Å²) < 4.78 is 0. The van der Waals surface area contributed by atoms with Crippen molar-refractivity contribution in [2.75, 3.05) is 19.6 Å². The zero-order valence-corrected chi connectivity index (χ0v) is 14.5. The van der Waals surface area contributed by atoms with Gasteiger partial charge in [0.25, 0.3) is 0 Å². The summed E-state index contributed by atoms with van der Waals surface area (Å²) in [5, 5.41) is 7.17. The molecule has 1 unspecified atom stereocenters. The fourth-order valence-corrected chi connectivity index (χ4v) is 3.24. The van der Waals surface area contributed by atoms with Crippen molar-refractivity contribution >= 4 is 17.5 Å². The van der Waals surface area contributed by atoms with E-state index >= 15 is 0 Å². The summed E-state index contributed by atoms with van der Waals surface area (Å²) in [7, 11) is 0. The minimum Gasteiger partial charge on any atom is -0.355 e. The van der Waals surface area contributed by atoms with Gasteiger partial charge >= 0.3 is 0 Å². The fourth-order valence-electron chi connectivity index (χ4n) is 3.11. The molecule has 1 atom stereocenters. The summed E-state index contributed by atoms with van der Waals surface area (Å²) >= 11 is 6.00. The lowest BCUT2D eigenvalue weighted by Crippen LogP contribution is -2.51. The Labute approximate surface area is 138 Å². The number of benzene rings is 1. The van der Waals surface area contributed by atoms with Crippen molar-refractivity contribution in [2.45, 2.75) is 39.0 Å². The Hall–Kier alpha value is -1.06. The Morgan fingerprint density at radius 3 is 2.36 bits per heavy atom. The molecule has 2 rings (SSSR count). The number of hydrogen-bond donors (Lipinski definition) is 2. The smallest absolute Gasteiger partial charge is 0.223 e. The first-order valence-electron chi connectivity index (χ1n) is 8.27. The second-order valence-electron chi connectivity index (χ2n) is 6.42. The van der Waals surface area contributed by atoms with E-state index < -0.39 is 0 Å². The van der Waals surface area contributed by atoms with E-state index in [4.69, 9.17) is 11.6 Å². The molecule has 4 heteroatoms. The van der Waals surface area contributed by atoms with Crippen molar-refractivity contribution in [3.8, 4) is 0 Å². The zero-order chi connectivity index (χ0) is 16.2. The number of rotatable bonds is 7. The normalized spacial score (nSPS) is 16.9. The molecule has 0 spiro atoms. The molecule has 0 radical (unpaired) electrons. The summed E-state index contributed by atoms with van der Waals surface area (Å²) in [6.45, 7) is 9.00. The van der Waals surface area contributed by atoms with E-state index in [9.17, 15) is 4.79 Å². The Balaban J connectivity index is 2.04. The quantitative estimate of drug-likeness (QED) is 0.808. The fraction of sp³-hybridized carbons (Fsp3) is 0.611. The van der Waals surface area contributed by atoms with Gasteiger partial charge in [-0.05, 0) is 49.5 Å². The Bertz CT molecular complexity index is 492. The van der Waals surface area contributed by atoms with E-state index in [1.807, 2.05) is 19.1 Å². The van der Waals surface area contributed by atoms with Crippen LogP contribution in [0.2, 0.25) is 5.02 Å². The van der Waals surface area contributed by atoms with Crippen LogP contribution in [0.3, 0.4) is 0 Å². The SMILES string of the molecule is CCC(CC)(CNC(=O)C(C)C1CNC1)c1ccc(Cl)cc1. The number of nitrogens with one attached hydrogen (secondary N) is 2. The predicted molar refractivity (Wildman–Crippen MR) is 92.2 cm³/mol. The molecule has 1 fully saturated rings. The lowest BCUT2D eigenvalue weighted by molar-refractivity contribution is -0.127. The van der Waals surface area contributed by atoms with Crippen LogP contribution in [0.4, 0.5) is 0 Å². The summed E-state index contributed by atoms with van der Waals surface area (Å²) in [6.07, 6.45) is 1.98. The third-order valence-corrected chi connectivity index (χ3v) is 5.60. The average Bonchev–Trinajstić information content (AvgIpc) is 2.48. The van der Waals surface area contributed by atoms with Crippen LogP contribution < -0.4 is 10.6 Å². The second-order valence-corrected chi connectivity index (χ2v) is 6.86. The molecule has 0 saturated carbocycles. The number of carbonyl (C=O) groups excluding carboxylic acids is 1. The Morgan fingerprint density at radius 2 is 1.91 bits per heavy atom. The van der Waals surface area contributed by atoms with Crippen LogP contribution >= 0.6 is 11.6 Å². The van der Waals surface area contributed by atoms with E-state index in [2.05, 4.69) is 36.6 Å². The van der Waals surface area contributed by atoms with Gasteiger partial charge < -0.3 is 10.6 Å². The predicted octanol–water partition coefficient (Wildman–Crippen LogP) is 3.37. The molecule has 1 saturated heterocycles. The van der Waals surface area contributed by atoms with Crippen LogP contribution in [0.15, 0.2) is 24.3 Å². The lowest BCUT2D eigenvalue weighted by Gasteiger charge is -2.35. The largest absolute Gasteiger partial charge is 0.355 e. The highest BCUT2D eigenvalue weighted by Crippen LogP contribution is 2.32. The highest BCUT2D eigenvalue weighted by molar-refractivity contribution is 6.30. The third kappa shape index (κ3) is 3.64. The van der Waals surface area contributed by atoms with Gasteiger partial charge in [0.1, 0.15) is 0 Å². The van der Waals surface area contributed by atoms with E-state index in [-0.39, 0.29) is 17.2 Å². The van der Waals surface area contributed by atoms with Crippen molar-refractivity contribution in [1.29, 1.82) is 0 Å². The molecular formula is C18H27ClN2O. The monoisotopic (exact) mass is 322 g/mol. The molecule has 1 aromatic carbocycles. The van der Waals surface area contributed by atoms with E-state index in [1.54, 1.807) is 0 Å². The summed E-state index contributed by atoms with van der Waals surface area (Å²) in [4.78, 5) is 12.4. The maximum atomic E-state index is 12.4. The van der Waals surface area contributed by atoms with Crippen LogP contribution in [0.1, 0.15) is 39.2 Å². The third-order valence-electron chi connectivity index (χ3n) is 5.34. The molecular weight excluding hydrogens is 296 g/mol. The molecule has 22 heavy (non-hydrogen) atoms. The van der Waals surface area contributed by atoms with Gasteiger partial charge in [0, 0.05) is 22.9 Å². The Kier molecular flexibility index (Phi) is 5.87. The summed E-state index contributed by atoms with van der Waals surface area (Å²) in [5.41, 5.74) is 1.23. The minimum absolute atomic E-state index is 0.0160. The topological polar surface area (TPSA) is 41.1 Å². The van der Waals surface area contributed by atoms with Crippen molar-refractivity contribution in [1.82, 2.24) is 10.6 Å². The molecule has 1 aromatic rings. The number of carbonyl (C=O) groups is 1. The van der Waals surface area contributed by atoms with E-state index in [0.29, 0.717) is 12.5 Å². The van der Waals surface area contributed by atoms with Crippen molar-refractivity contribution in [3.63, 3.8) is 0 Å². The molecule has 2 N–H and O–H groups in total. The highest BCUT2D eigenvalue weighted by Gasteiger charge is 2.32. The molecule has 1 heterocycles. The standard InChI is InChI=1S/C18H27ClN2O/c1-4-18(5-2,15-6-8-16(19)9-7-15)12-21-17(22)13(3)14-10-20-11-14/h6-9,13-14,20H,4-5,10-12H2,1-3H3,(H,21,22). The highest BCUT2D eigenvalue weighted by atomic mass is 35.5. The summed E-state index contributed by atoms with van der Waals surface area (Å²) in [6, 6.07) is 8.03. The number of amides is 1. The minimum atomic E-state index is -0.0160. The van der Waals surface area contributed by atoms with Gasteiger partial charge in [-0.3, -0.25) is 4.79 Å². The van der Waals surface area contributed by atoms with Gasteiger partial charge in [-0.2, -0.15) is 0 Å². The maximum absolute atomic E-state index is 12.4. The summed E-state index contributed by atoms with van der Waals surface area (Å²) in [5.74, 6) is 0.734. The molecule has 1 aliphatic rings. The maximum Gasteiger partial charge on any atom is 0.223 e. The van der Waals surface area contributed by atoms with Gasteiger partial charge in [0.05, 0.1) is 0 Å². The molecule has 1 amide bonds. The van der Waals surface area contributed by atoms with Crippen molar-refractivity contribution in [3.05, 3.63) is 34.9 Å². The van der Waals surface area contributed by atoms with Gasteiger partial charge in [-0.25, -0.2) is 0 Å². The second kappa shape index (κ2) is 7.47. The van der Waals surface area contributed by atoms with Crippen LogP contribution in [-0.4, -0.2) is 25.5 Å². The first-order valence-corrected chi connectivity index (χ1v) is 8.64. The number of hydrogen-bond acceptors (Lipinski definition) is 2. The lowest BCUT2D eigenvalue weighted by atomic mass is 9.75. The van der Waals surface area contributed by atoms with Crippen molar-refractivity contribution in [2.24, 2.45) is 11.8 Å². The van der Waals surface area contributed by atoms with Gasteiger partial charge in [0.2, 0.25) is 5.91 Å². The van der Waals surface area contributed by atoms with Crippen LogP contribution in [-0.2, 0) is 10.2 Å². The zero-order valence-electron chi connectivity index (χ0n) is 13.8. The van der Waals surface area contributed by atoms with Crippen LogP contribution in [0, 0.1) is 11.8 Å². The molecule has 1 aliphatic heterocycles. The Morgan fingerprint density at radius 1 is 1.32 bits per heavy atom. The van der Waals surface area contributed by atoms with Crippen LogP contribution in [0.5, 0.6) is 0 Å². The van der Waals surface area contributed by atoms with Gasteiger partial charge in [-0.15, -0.1) is 0 Å². The molecule has 3 nitrogen and oxygen atoms in total.